The number of amides is 1. The maximum absolute atomic E-state index is 12.3. The summed E-state index contributed by atoms with van der Waals surface area (Å²) in [6, 6.07) is 10.5. The summed E-state index contributed by atoms with van der Waals surface area (Å²) in [5.74, 6) is 1.24. The van der Waals surface area contributed by atoms with E-state index in [-0.39, 0.29) is 12.0 Å². The van der Waals surface area contributed by atoms with Gasteiger partial charge in [-0.15, -0.1) is 0 Å². The fraction of sp³-hybridized carbons (Fsp3) is 0.250. The molecule has 0 radical (unpaired) electrons. The molecule has 1 aliphatic rings. The Morgan fingerprint density at radius 3 is 2.55 bits per heavy atom. The number of carbonyl (C=O) groups excluding carboxylic acids is 1. The van der Waals surface area contributed by atoms with E-state index in [1.807, 2.05) is 0 Å². The van der Waals surface area contributed by atoms with E-state index in [0.717, 1.165) is 5.75 Å². The molecule has 0 saturated carbocycles. The van der Waals surface area contributed by atoms with Gasteiger partial charge in [-0.1, -0.05) is 11.6 Å². The first-order valence-electron chi connectivity index (χ1n) is 6.87. The molecule has 1 saturated heterocycles. The van der Waals surface area contributed by atoms with Crippen molar-refractivity contribution in [2.45, 2.75) is 6.10 Å². The predicted octanol–water partition coefficient (Wildman–Crippen LogP) is 2.65. The lowest BCUT2D eigenvalue weighted by Crippen LogP contribution is -2.56. The smallest absolute Gasteiger partial charge is 0.254 e. The average Bonchev–Trinajstić information content (AvgIpc) is 2.52. The first-order chi connectivity index (χ1) is 10.7. The number of methoxy groups -OCH3 is 1. The number of hydrogen-bond donors (Lipinski definition) is 0. The number of likely N-dealkylation sites (tertiary alicyclic amines) is 1. The van der Waals surface area contributed by atoms with Gasteiger partial charge in [0, 0.05) is 17.8 Å². The van der Waals surface area contributed by atoms with Gasteiger partial charge in [-0.2, -0.15) is 0 Å². The quantitative estimate of drug-likeness (QED) is 0.869. The monoisotopic (exact) mass is 318 g/mol. The van der Waals surface area contributed by atoms with Crippen molar-refractivity contribution in [3.8, 4) is 11.6 Å². The van der Waals surface area contributed by atoms with Crippen molar-refractivity contribution < 1.29 is 14.3 Å². The SMILES string of the molecule is COc1ccc(C(=O)N2CC(Oc3ccc(Cl)cn3)C2)cc1. The van der Waals surface area contributed by atoms with Crippen LogP contribution >= 0.6 is 11.6 Å². The molecular formula is C16H15ClN2O3. The van der Waals surface area contributed by atoms with Crippen LogP contribution in [-0.4, -0.2) is 42.1 Å². The molecule has 1 aromatic heterocycles. The van der Waals surface area contributed by atoms with Crippen LogP contribution in [0.4, 0.5) is 0 Å². The van der Waals surface area contributed by atoms with Crippen LogP contribution in [0.2, 0.25) is 5.02 Å². The second-order valence-corrected chi connectivity index (χ2v) is 5.43. The summed E-state index contributed by atoms with van der Waals surface area (Å²) in [6.45, 7) is 1.10. The van der Waals surface area contributed by atoms with Crippen LogP contribution in [0.15, 0.2) is 42.6 Å². The Bertz CT molecular complexity index is 652. The van der Waals surface area contributed by atoms with Crippen molar-refractivity contribution in [2.24, 2.45) is 0 Å². The summed E-state index contributed by atoms with van der Waals surface area (Å²) in [7, 11) is 1.60. The lowest BCUT2D eigenvalue weighted by molar-refractivity contribution is 0.0160. The third-order valence-corrected chi connectivity index (χ3v) is 3.68. The maximum Gasteiger partial charge on any atom is 0.254 e. The zero-order valence-electron chi connectivity index (χ0n) is 12.0. The number of pyridine rings is 1. The second kappa shape index (κ2) is 6.23. The summed E-state index contributed by atoms with van der Waals surface area (Å²) in [4.78, 5) is 18.1. The summed E-state index contributed by atoms with van der Waals surface area (Å²) in [5.41, 5.74) is 0.642. The minimum Gasteiger partial charge on any atom is -0.497 e. The lowest BCUT2D eigenvalue weighted by atomic mass is 10.1. The van der Waals surface area contributed by atoms with Crippen molar-refractivity contribution in [1.29, 1.82) is 0 Å². The molecule has 0 unspecified atom stereocenters. The minimum atomic E-state index is -0.0316. The van der Waals surface area contributed by atoms with Crippen LogP contribution in [0, 0.1) is 0 Å². The summed E-state index contributed by atoms with van der Waals surface area (Å²) in [6.07, 6.45) is 1.51. The Hall–Kier alpha value is -2.27. The van der Waals surface area contributed by atoms with Gasteiger partial charge in [0.1, 0.15) is 11.9 Å². The minimum absolute atomic E-state index is 0.00781. The highest BCUT2D eigenvalue weighted by Crippen LogP contribution is 2.20. The Morgan fingerprint density at radius 2 is 1.95 bits per heavy atom. The number of rotatable bonds is 4. The van der Waals surface area contributed by atoms with Crippen molar-refractivity contribution >= 4 is 17.5 Å². The van der Waals surface area contributed by atoms with E-state index in [1.54, 1.807) is 48.4 Å². The molecule has 0 atom stereocenters. The van der Waals surface area contributed by atoms with Crippen molar-refractivity contribution in [3.05, 3.63) is 53.2 Å². The number of ether oxygens (including phenoxy) is 2. The van der Waals surface area contributed by atoms with Crippen molar-refractivity contribution in [2.75, 3.05) is 20.2 Å². The van der Waals surface area contributed by atoms with Gasteiger partial charge in [0.05, 0.1) is 25.2 Å². The van der Waals surface area contributed by atoms with E-state index >= 15 is 0 Å². The fourth-order valence-electron chi connectivity index (χ4n) is 2.20. The Labute approximate surface area is 133 Å². The number of hydrogen-bond acceptors (Lipinski definition) is 4. The van der Waals surface area contributed by atoms with Crippen LogP contribution in [0.3, 0.4) is 0 Å². The number of aromatic nitrogens is 1. The van der Waals surface area contributed by atoms with Gasteiger partial charge in [0.25, 0.3) is 5.91 Å². The Kier molecular flexibility index (Phi) is 4.15. The average molecular weight is 319 g/mol. The molecule has 0 aliphatic carbocycles. The van der Waals surface area contributed by atoms with Crippen LogP contribution in [-0.2, 0) is 0 Å². The van der Waals surface area contributed by atoms with Crippen molar-refractivity contribution in [1.82, 2.24) is 9.88 Å². The van der Waals surface area contributed by atoms with Gasteiger partial charge in [0.15, 0.2) is 0 Å². The number of carbonyl (C=O) groups is 1. The van der Waals surface area contributed by atoms with Gasteiger partial charge < -0.3 is 14.4 Å². The normalized spacial score (nSPS) is 14.4. The molecule has 1 aromatic carbocycles. The van der Waals surface area contributed by atoms with E-state index < -0.39 is 0 Å². The largest absolute Gasteiger partial charge is 0.497 e. The van der Waals surface area contributed by atoms with E-state index in [1.165, 1.54) is 6.20 Å². The molecule has 1 fully saturated rings. The number of halogens is 1. The first-order valence-corrected chi connectivity index (χ1v) is 7.25. The van der Waals surface area contributed by atoms with Gasteiger partial charge in [-0.25, -0.2) is 4.98 Å². The molecule has 6 heteroatoms. The fourth-order valence-corrected chi connectivity index (χ4v) is 2.31. The van der Waals surface area contributed by atoms with E-state index in [9.17, 15) is 4.79 Å². The zero-order chi connectivity index (χ0) is 15.5. The molecule has 2 aromatic rings. The zero-order valence-corrected chi connectivity index (χ0v) is 12.8. The summed E-state index contributed by atoms with van der Waals surface area (Å²) < 4.78 is 10.8. The molecule has 2 heterocycles. The first kappa shape index (κ1) is 14.7. The molecule has 5 nitrogen and oxygen atoms in total. The molecule has 3 rings (SSSR count). The Morgan fingerprint density at radius 1 is 1.23 bits per heavy atom. The molecule has 1 amide bonds. The molecule has 0 N–H and O–H groups in total. The van der Waals surface area contributed by atoms with E-state index in [0.29, 0.717) is 29.6 Å². The third-order valence-electron chi connectivity index (χ3n) is 3.46. The van der Waals surface area contributed by atoms with Gasteiger partial charge in [-0.3, -0.25) is 4.79 Å². The maximum atomic E-state index is 12.3. The third kappa shape index (κ3) is 3.14. The highest BCUT2D eigenvalue weighted by molar-refractivity contribution is 6.30. The second-order valence-electron chi connectivity index (χ2n) is 4.99. The highest BCUT2D eigenvalue weighted by atomic mass is 35.5. The predicted molar refractivity (Wildman–Crippen MR) is 82.6 cm³/mol. The highest BCUT2D eigenvalue weighted by Gasteiger charge is 2.33. The Balaban J connectivity index is 1.53. The number of nitrogens with zero attached hydrogens (tertiary/aromatic N) is 2. The van der Waals surface area contributed by atoms with Crippen LogP contribution < -0.4 is 9.47 Å². The van der Waals surface area contributed by atoms with E-state index in [2.05, 4.69) is 4.98 Å². The summed E-state index contributed by atoms with van der Waals surface area (Å²) >= 11 is 5.77. The van der Waals surface area contributed by atoms with E-state index in [4.69, 9.17) is 21.1 Å². The molecule has 114 valence electrons. The van der Waals surface area contributed by atoms with Crippen LogP contribution in [0.1, 0.15) is 10.4 Å². The van der Waals surface area contributed by atoms with Crippen LogP contribution in [0.5, 0.6) is 11.6 Å². The topological polar surface area (TPSA) is 51.7 Å². The molecule has 1 aliphatic heterocycles. The van der Waals surface area contributed by atoms with Crippen LogP contribution in [0.25, 0.3) is 0 Å². The molecule has 0 bridgehead atoms. The lowest BCUT2D eigenvalue weighted by Gasteiger charge is -2.38. The molecular weight excluding hydrogens is 304 g/mol. The molecule has 0 spiro atoms. The van der Waals surface area contributed by atoms with Gasteiger partial charge in [0.2, 0.25) is 5.88 Å². The van der Waals surface area contributed by atoms with Gasteiger partial charge in [-0.05, 0) is 30.3 Å². The standard InChI is InChI=1S/C16H15ClN2O3/c1-21-13-5-2-11(3-6-13)16(20)19-9-14(10-19)22-15-7-4-12(17)8-18-15/h2-8,14H,9-10H2,1H3. The van der Waals surface area contributed by atoms with Gasteiger partial charge >= 0.3 is 0 Å². The molecule has 22 heavy (non-hydrogen) atoms. The summed E-state index contributed by atoms with van der Waals surface area (Å²) in [5, 5.41) is 0.567. The number of benzene rings is 1. The van der Waals surface area contributed by atoms with Crippen molar-refractivity contribution in [3.63, 3.8) is 0 Å².